The van der Waals surface area contributed by atoms with Crippen molar-refractivity contribution in [3.63, 3.8) is 0 Å². The van der Waals surface area contributed by atoms with Gasteiger partial charge >= 0.3 is 0 Å². The van der Waals surface area contributed by atoms with Crippen LogP contribution in [0.15, 0.2) is 138 Å². The average molecular weight is 481 g/mol. The fourth-order valence-corrected chi connectivity index (χ4v) is 5.39. The lowest BCUT2D eigenvalue weighted by molar-refractivity contribution is -0.102. The summed E-state index contributed by atoms with van der Waals surface area (Å²) >= 11 is 1.62. The Kier molecular flexibility index (Phi) is 7.45. The van der Waals surface area contributed by atoms with E-state index in [-0.39, 0.29) is 12.0 Å². The van der Waals surface area contributed by atoms with Gasteiger partial charge in [-0.2, -0.15) is 0 Å². The van der Waals surface area contributed by atoms with Crippen LogP contribution in [0.3, 0.4) is 0 Å². The zero-order chi connectivity index (χ0) is 23.9. The molecule has 4 aromatic rings. The maximum atomic E-state index is 10.8. The van der Waals surface area contributed by atoms with Crippen LogP contribution in [0.2, 0.25) is 0 Å². The Morgan fingerprint density at radius 1 is 0.657 bits per heavy atom. The van der Waals surface area contributed by atoms with E-state index in [1.807, 2.05) is 84.9 Å². The molecule has 3 nitrogen and oxygen atoms in total. The van der Waals surface area contributed by atoms with Crippen molar-refractivity contribution in [2.24, 2.45) is 0 Å². The van der Waals surface area contributed by atoms with E-state index in [2.05, 4.69) is 48.5 Å². The lowest BCUT2D eigenvalue weighted by Crippen LogP contribution is -2.42. The highest BCUT2D eigenvalue weighted by Crippen LogP contribution is 2.41. The van der Waals surface area contributed by atoms with Gasteiger partial charge in [-0.15, -0.1) is 0 Å². The van der Waals surface area contributed by atoms with Crippen molar-refractivity contribution in [1.29, 1.82) is 0 Å². The summed E-state index contributed by atoms with van der Waals surface area (Å²) in [6.45, 7) is 0.218. The van der Waals surface area contributed by atoms with Gasteiger partial charge in [-0.25, -0.2) is 0 Å². The van der Waals surface area contributed by atoms with Gasteiger partial charge in [0.1, 0.15) is 23.2 Å². The first-order valence-corrected chi connectivity index (χ1v) is 12.7. The quantitative estimate of drug-likeness (QED) is 0.233. The summed E-state index contributed by atoms with van der Waals surface area (Å²) < 4.78 is 13.2. The van der Waals surface area contributed by atoms with E-state index < -0.39 is 17.8 Å². The monoisotopic (exact) mass is 480 g/mol. The Morgan fingerprint density at radius 2 is 1.11 bits per heavy atom. The third-order valence-electron chi connectivity index (χ3n) is 6.16. The van der Waals surface area contributed by atoms with Gasteiger partial charge in [0, 0.05) is 4.90 Å². The van der Waals surface area contributed by atoms with Crippen LogP contribution in [0.1, 0.15) is 16.7 Å². The highest BCUT2D eigenvalue weighted by molar-refractivity contribution is 8.00. The molecular weight excluding hydrogens is 452 g/mol. The predicted octanol–water partition coefficient (Wildman–Crippen LogP) is 6.43. The fourth-order valence-electron chi connectivity index (χ4n) is 4.44. The SMILES string of the molecule is O[C@@H]1C=C[C@H](Sc2ccccc2)O[C@@H]1COC(c1ccccc1)(c1ccccc1)c1ccccc1. The van der Waals surface area contributed by atoms with Crippen LogP contribution < -0.4 is 0 Å². The van der Waals surface area contributed by atoms with Gasteiger partial charge < -0.3 is 14.6 Å². The number of benzene rings is 4. The molecule has 0 unspecified atom stereocenters. The van der Waals surface area contributed by atoms with Crippen LogP contribution in [-0.2, 0) is 15.1 Å². The minimum absolute atomic E-state index is 0.200. The molecule has 35 heavy (non-hydrogen) atoms. The molecule has 4 heteroatoms. The number of rotatable bonds is 8. The van der Waals surface area contributed by atoms with E-state index in [0.29, 0.717) is 0 Å². The lowest BCUT2D eigenvalue weighted by Gasteiger charge is -2.38. The molecule has 0 aliphatic carbocycles. The Bertz CT molecular complexity index is 1120. The maximum Gasteiger partial charge on any atom is 0.143 e. The van der Waals surface area contributed by atoms with Crippen LogP contribution in [0.4, 0.5) is 0 Å². The highest BCUT2D eigenvalue weighted by Gasteiger charge is 2.39. The Balaban J connectivity index is 1.47. The molecule has 0 saturated heterocycles. The molecular formula is C31H28O3S. The van der Waals surface area contributed by atoms with Gasteiger partial charge in [0.05, 0.1) is 6.61 Å². The smallest absolute Gasteiger partial charge is 0.143 e. The van der Waals surface area contributed by atoms with Crippen molar-refractivity contribution >= 4 is 11.8 Å². The first-order chi connectivity index (χ1) is 17.3. The fraction of sp³-hybridized carbons (Fsp3) is 0.161. The van der Waals surface area contributed by atoms with Gasteiger partial charge in [0.15, 0.2) is 0 Å². The summed E-state index contributed by atoms with van der Waals surface area (Å²) in [6, 6.07) is 40.9. The van der Waals surface area contributed by atoms with Crippen LogP contribution in [0, 0.1) is 0 Å². The summed E-state index contributed by atoms with van der Waals surface area (Å²) in [5.74, 6) is 0. The molecule has 1 aliphatic rings. The van der Waals surface area contributed by atoms with Gasteiger partial charge in [-0.05, 0) is 34.9 Å². The number of thioether (sulfide) groups is 1. The zero-order valence-corrected chi connectivity index (χ0v) is 20.1. The first kappa shape index (κ1) is 23.6. The topological polar surface area (TPSA) is 38.7 Å². The number of ether oxygens (including phenoxy) is 2. The van der Waals surface area contributed by atoms with E-state index in [4.69, 9.17) is 9.47 Å². The van der Waals surface area contributed by atoms with Gasteiger partial charge in [0.2, 0.25) is 0 Å². The molecule has 0 amide bonds. The summed E-state index contributed by atoms with van der Waals surface area (Å²) in [5.41, 5.74) is 2.01. The number of aliphatic hydroxyl groups is 1. The third-order valence-corrected chi connectivity index (χ3v) is 7.20. The standard InChI is InChI=1S/C31H28O3S/c32-28-21-22-30(35-27-19-11-4-12-20-27)34-29(28)23-33-31(24-13-5-1-6-14-24,25-15-7-2-8-16-25)26-17-9-3-10-18-26/h1-22,28-30,32H,23H2/t28-,29-,30+/m1/s1. The van der Waals surface area contributed by atoms with E-state index in [1.165, 1.54) is 0 Å². The van der Waals surface area contributed by atoms with E-state index in [9.17, 15) is 5.11 Å². The van der Waals surface area contributed by atoms with Crippen LogP contribution in [0.5, 0.6) is 0 Å². The number of hydrogen-bond donors (Lipinski definition) is 1. The molecule has 1 N–H and O–H groups in total. The second-order valence-electron chi connectivity index (χ2n) is 8.44. The van der Waals surface area contributed by atoms with Crippen LogP contribution in [-0.4, -0.2) is 29.4 Å². The normalized spacial score (nSPS) is 20.0. The van der Waals surface area contributed by atoms with Crippen molar-refractivity contribution in [3.05, 3.63) is 150 Å². The molecule has 5 rings (SSSR count). The van der Waals surface area contributed by atoms with Crippen LogP contribution in [0.25, 0.3) is 0 Å². The predicted molar refractivity (Wildman–Crippen MR) is 141 cm³/mol. The zero-order valence-electron chi connectivity index (χ0n) is 19.3. The first-order valence-electron chi connectivity index (χ1n) is 11.8. The molecule has 176 valence electrons. The molecule has 1 aliphatic heterocycles. The van der Waals surface area contributed by atoms with Crippen LogP contribution >= 0.6 is 11.8 Å². The Morgan fingerprint density at radius 3 is 1.60 bits per heavy atom. The van der Waals surface area contributed by atoms with E-state index in [0.717, 1.165) is 21.6 Å². The molecule has 0 bridgehead atoms. The van der Waals surface area contributed by atoms with Gasteiger partial charge in [-0.3, -0.25) is 0 Å². The second kappa shape index (κ2) is 11.1. The van der Waals surface area contributed by atoms with Crippen molar-refractivity contribution in [2.75, 3.05) is 6.61 Å². The number of aliphatic hydroxyl groups excluding tert-OH is 1. The van der Waals surface area contributed by atoms with E-state index >= 15 is 0 Å². The molecule has 0 spiro atoms. The Hall–Kier alpha value is -3.15. The minimum Gasteiger partial charge on any atom is -0.386 e. The molecule has 1 heterocycles. The van der Waals surface area contributed by atoms with Crippen molar-refractivity contribution in [2.45, 2.75) is 28.1 Å². The lowest BCUT2D eigenvalue weighted by atomic mass is 9.80. The molecule has 0 saturated carbocycles. The van der Waals surface area contributed by atoms with E-state index in [1.54, 1.807) is 11.8 Å². The third kappa shape index (κ3) is 5.26. The molecule has 4 aromatic carbocycles. The molecule has 0 radical (unpaired) electrons. The highest BCUT2D eigenvalue weighted by atomic mass is 32.2. The average Bonchev–Trinajstić information content (AvgIpc) is 2.93. The summed E-state index contributed by atoms with van der Waals surface area (Å²) in [6.07, 6.45) is 2.48. The summed E-state index contributed by atoms with van der Waals surface area (Å²) in [5, 5.41) is 10.8. The molecule has 0 aromatic heterocycles. The largest absolute Gasteiger partial charge is 0.386 e. The molecule has 0 fully saturated rings. The van der Waals surface area contributed by atoms with Crippen molar-refractivity contribution in [1.82, 2.24) is 0 Å². The van der Waals surface area contributed by atoms with Gasteiger partial charge in [-0.1, -0.05) is 127 Å². The molecule has 3 atom stereocenters. The summed E-state index contributed by atoms with van der Waals surface area (Å²) in [7, 11) is 0. The van der Waals surface area contributed by atoms with Gasteiger partial charge in [0.25, 0.3) is 0 Å². The second-order valence-corrected chi connectivity index (χ2v) is 9.61. The Labute approximate surface area is 211 Å². The van der Waals surface area contributed by atoms with Crippen molar-refractivity contribution < 1.29 is 14.6 Å². The van der Waals surface area contributed by atoms with Crippen molar-refractivity contribution in [3.8, 4) is 0 Å². The maximum absolute atomic E-state index is 10.8. The number of hydrogen-bond acceptors (Lipinski definition) is 4. The minimum atomic E-state index is -0.851. The summed E-state index contributed by atoms with van der Waals surface area (Å²) in [4.78, 5) is 1.12.